The molecule has 0 aliphatic rings. The second-order valence-electron chi connectivity index (χ2n) is 2.07. The molecule has 5 heteroatoms. The van der Waals surface area contributed by atoms with Gasteiger partial charge in [0.2, 0.25) is 0 Å². The molecule has 11 heavy (non-hydrogen) atoms. The molecule has 0 aromatic heterocycles. The summed E-state index contributed by atoms with van der Waals surface area (Å²) in [5.41, 5.74) is 0. The van der Waals surface area contributed by atoms with Crippen molar-refractivity contribution in [1.82, 2.24) is 5.32 Å². The smallest absolute Gasteiger partial charge is 0.251 e. The predicted octanol–water partition coefficient (Wildman–Crippen LogP) is -2.16. The van der Waals surface area contributed by atoms with Crippen molar-refractivity contribution >= 4 is 5.91 Å². The zero-order valence-electron chi connectivity index (χ0n) is 6.16. The molecule has 0 spiro atoms. The minimum atomic E-state index is -1.35. The Morgan fingerprint density at radius 1 is 1.45 bits per heavy atom. The van der Waals surface area contributed by atoms with Crippen LogP contribution in [0.4, 0.5) is 0 Å². The predicted molar refractivity (Wildman–Crippen MR) is 37.8 cm³/mol. The number of aliphatic hydroxyl groups excluding tert-OH is 3. The van der Waals surface area contributed by atoms with Crippen LogP contribution < -0.4 is 5.32 Å². The van der Waals surface area contributed by atoms with Gasteiger partial charge in [0, 0.05) is 13.2 Å². The monoisotopic (exact) mass is 163 g/mol. The van der Waals surface area contributed by atoms with Crippen molar-refractivity contribution < 1.29 is 20.1 Å². The van der Waals surface area contributed by atoms with E-state index in [0.29, 0.717) is 13.0 Å². The van der Waals surface area contributed by atoms with Gasteiger partial charge in [-0.25, -0.2) is 0 Å². The third kappa shape index (κ3) is 4.72. The van der Waals surface area contributed by atoms with Crippen LogP contribution in [0, 0.1) is 0 Å². The largest absolute Gasteiger partial charge is 0.396 e. The number of rotatable bonds is 5. The maximum atomic E-state index is 10.6. The number of amides is 1. The van der Waals surface area contributed by atoms with E-state index in [1.807, 2.05) is 0 Å². The summed E-state index contributed by atoms with van der Waals surface area (Å²) in [6.07, 6.45) is -0.905. The molecule has 0 rings (SSSR count). The second-order valence-corrected chi connectivity index (χ2v) is 2.07. The summed E-state index contributed by atoms with van der Waals surface area (Å²) in [5.74, 6) is -0.610. The van der Waals surface area contributed by atoms with Crippen molar-refractivity contribution in [2.75, 3.05) is 19.8 Å². The van der Waals surface area contributed by atoms with Crippen LogP contribution in [0.5, 0.6) is 0 Å². The number of hydrogen-bond acceptors (Lipinski definition) is 4. The van der Waals surface area contributed by atoms with Crippen LogP contribution in [0.25, 0.3) is 0 Å². The first-order valence-electron chi connectivity index (χ1n) is 3.40. The van der Waals surface area contributed by atoms with Crippen LogP contribution in [0.3, 0.4) is 0 Å². The molecule has 1 atom stereocenters. The van der Waals surface area contributed by atoms with Gasteiger partial charge in [0.05, 0.1) is 6.61 Å². The summed E-state index contributed by atoms with van der Waals surface area (Å²) in [5, 5.41) is 27.6. The molecule has 4 N–H and O–H groups in total. The molecule has 1 amide bonds. The van der Waals surface area contributed by atoms with Gasteiger partial charge in [-0.1, -0.05) is 0 Å². The fourth-order valence-corrected chi connectivity index (χ4v) is 0.491. The molecule has 0 bridgehead atoms. The Morgan fingerprint density at radius 2 is 2.09 bits per heavy atom. The Bertz CT molecular complexity index is 117. The zero-order chi connectivity index (χ0) is 8.69. The third-order valence-corrected chi connectivity index (χ3v) is 1.11. The first kappa shape index (κ1) is 10.3. The van der Waals surface area contributed by atoms with Crippen LogP contribution in [-0.2, 0) is 4.79 Å². The topological polar surface area (TPSA) is 89.8 Å². The SMILES string of the molecule is O=C(NCCCO)[C@H](O)CO. The molecule has 0 aromatic rings. The molecule has 66 valence electrons. The molecule has 0 aromatic carbocycles. The highest BCUT2D eigenvalue weighted by atomic mass is 16.3. The molecule has 0 fully saturated rings. The number of hydrogen-bond donors (Lipinski definition) is 4. The van der Waals surface area contributed by atoms with E-state index in [-0.39, 0.29) is 6.61 Å². The Morgan fingerprint density at radius 3 is 2.55 bits per heavy atom. The van der Waals surface area contributed by atoms with E-state index in [1.54, 1.807) is 0 Å². The Kier molecular flexibility index (Phi) is 5.73. The van der Waals surface area contributed by atoms with Gasteiger partial charge >= 0.3 is 0 Å². The summed E-state index contributed by atoms with van der Waals surface area (Å²) in [6.45, 7) is -0.271. The Hall–Kier alpha value is -0.650. The van der Waals surface area contributed by atoms with Gasteiger partial charge in [-0.15, -0.1) is 0 Å². The number of nitrogens with one attached hydrogen (secondary N) is 1. The van der Waals surface area contributed by atoms with E-state index in [2.05, 4.69) is 5.32 Å². The third-order valence-electron chi connectivity index (χ3n) is 1.11. The van der Waals surface area contributed by atoms with Crippen molar-refractivity contribution in [3.63, 3.8) is 0 Å². The average molecular weight is 163 g/mol. The molecule has 0 aliphatic carbocycles. The molecule has 5 nitrogen and oxygen atoms in total. The van der Waals surface area contributed by atoms with Crippen LogP contribution in [-0.4, -0.2) is 47.1 Å². The summed E-state index contributed by atoms with van der Waals surface area (Å²) in [7, 11) is 0. The van der Waals surface area contributed by atoms with E-state index >= 15 is 0 Å². The average Bonchev–Trinajstić information content (AvgIpc) is 2.03. The second kappa shape index (κ2) is 6.09. The van der Waals surface area contributed by atoms with Crippen molar-refractivity contribution in [3.8, 4) is 0 Å². The molecular weight excluding hydrogens is 150 g/mol. The molecule has 0 saturated heterocycles. The maximum Gasteiger partial charge on any atom is 0.251 e. The van der Waals surface area contributed by atoms with E-state index in [9.17, 15) is 4.79 Å². The lowest BCUT2D eigenvalue weighted by Crippen LogP contribution is -2.37. The lowest BCUT2D eigenvalue weighted by Gasteiger charge is -2.07. The van der Waals surface area contributed by atoms with Crippen LogP contribution in [0.15, 0.2) is 0 Å². The van der Waals surface area contributed by atoms with Gasteiger partial charge in [0.1, 0.15) is 0 Å². The number of aliphatic hydroxyl groups is 3. The van der Waals surface area contributed by atoms with E-state index < -0.39 is 18.6 Å². The van der Waals surface area contributed by atoms with E-state index in [1.165, 1.54) is 0 Å². The van der Waals surface area contributed by atoms with E-state index in [0.717, 1.165) is 0 Å². The first-order chi connectivity index (χ1) is 5.22. The van der Waals surface area contributed by atoms with Crippen molar-refractivity contribution in [1.29, 1.82) is 0 Å². The minimum absolute atomic E-state index is 0.00446. The number of carbonyl (C=O) groups is 1. The lowest BCUT2D eigenvalue weighted by molar-refractivity contribution is -0.131. The summed E-state index contributed by atoms with van der Waals surface area (Å²) in [4.78, 5) is 10.6. The first-order valence-corrected chi connectivity index (χ1v) is 3.40. The van der Waals surface area contributed by atoms with Gasteiger partial charge < -0.3 is 20.6 Å². The molecule has 0 unspecified atom stereocenters. The summed E-state index contributed by atoms with van der Waals surface area (Å²) < 4.78 is 0. The van der Waals surface area contributed by atoms with Gasteiger partial charge in [-0.05, 0) is 6.42 Å². The van der Waals surface area contributed by atoms with Gasteiger partial charge in [0.15, 0.2) is 6.10 Å². The lowest BCUT2D eigenvalue weighted by atomic mass is 10.3. The van der Waals surface area contributed by atoms with Crippen molar-refractivity contribution in [3.05, 3.63) is 0 Å². The highest BCUT2D eigenvalue weighted by molar-refractivity contribution is 5.80. The van der Waals surface area contributed by atoms with Gasteiger partial charge in [0.25, 0.3) is 5.91 Å². The zero-order valence-corrected chi connectivity index (χ0v) is 6.16. The Labute approximate surface area is 64.7 Å². The molecule has 0 aliphatic heterocycles. The molecular formula is C6H13NO4. The quantitative estimate of drug-likeness (QED) is 0.347. The molecule has 0 heterocycles. The standard InChI is InChI=1S/C6H13NO4/c8-3-1-2-7-6(11)5(10)4-9/h5,8-10H,1-4H2,(H,7,11)/t5-/m1/s1. The maximum absolute atomic E-state index is 10.6. The summed E-state index contributed by atoms with van der Waals surface area (Å²) in [6, 6.07) is 0. The fraction of sp³-hybridized carbons (Fsp3) is 0.833. The van der Waals surface area contributed by atoms with Crippen LogP contribution in [0.2, 0.25) is 0 Å². The minimum Gasteiger partial charge on any atom is -0.396 e. The van der Waals surface area contributed by atoms with Crippen LogP contribution >= 0.6 is 0 Å². The highest BCUT2D eigenvalue weighted by Gasteiger charge is 2.11. The Balaban J connectivity index is 3.36. The van der Waals surface area contributed by atoms with Crippen molar-refractivity contribution in [2.45, 2.75) is 12.5 Å². The highest BCUT2D eigenvalue weighted by Crippen LogP contribution is 1.80. The normalized spacial score (nSPS) is 12.6. The van der Waals surface area contributed by atoms with Crippen LogP contribution in [0.1, 0.15) is 6.42 Å². The number of carbonyl (C=O) groups excluding carboxylic acids is 1. The van der Waals surface area contributed by atoms with E-state index in [4.69, 9.17) is 15.3 Å². The fourth-order valence-electron chi connectivity index (χ4n) is 0.491. The van der Waals surface area contributed by atoms with Gasteiger partial charge in [-0.2, -0.15) is 0 Å². The summed E-state index contributed by atoms with van der Waals surface area (Å²) >= 11 is 0. The van der Waals surface area contributed by atoms with Gasteiger partial charge in [-0.3, -0.25) is 4.79 Å². The molecule has 0 radical (unpaired) electrons. The molecule has 0 saturated carbocycles. The van der Waals surface area contributed by atoms with Crippen molar-refractivity contribution in [2.24, 2.45) is 0 Å².